The molecule has 1 amide bonds. The quantitative estimate of drug-likeness (QED) is 0.651. The van der Waals surface area contributed by atoms with Gasteiger partial charge in [0.25, 0.3) is 0 Å². The number of carboxylic acid groups (broad SMARTS) is 1. The minimum absolute atomic E-state index is 0.0688. The maximum atomic E-state index is 12.3. The second-order valence-corrected chi connectivity index (χ2v) is 8.71. The first-order valence-corrected chi connectivity index (χ1v) is 9.73. The number of aliphatic carboxylic acids is 1. The molecule has 0 spiro atoms. The highest BCUT2D eigenvalue weighted by Crippen LogP contribution is 2.23. The molecule has 2 N–H and O–H groups in total. The van der Waals surface area contributed by atoms with Crippen LogP contribution in [-0.2, 0) is 19.6 Å². The highest BCUT2D eigenvalue weighted by atomic mass is 32.2. The zero-order valence-electron chi connectivity index (χ0n) is 14.2. The van der Waals surface area contributed by atoms with E-state index < -0.39 is 27.4 Å². The van der Waals surface area contributed by atoms with Crippen molar-refractivity contribution in [2.75, 3.05) is 18.8 Å². The van der Waals surface area contributed by atoms with Gasteiger partial charge < -0.3 is 10.4 Å². The van der Waals surface area contributed by atoms with E-state index in [1.54, 1.807) is 13.8 Å². The van der Waals surface area contributed by atoms with Crippen LogP contribution in [0, 0.1) is 5.41 Å². The molecule has 1 rings (SSSR count). The molecule has 7 nitrogen and oxygen atoms in total. The summed E-state index contributed by atoms with van der Waals surface area (Å²) in [4.78, 5) is 23.3. The van der Waals surface area contributed by atoms with Gasteiger partial charge >= 0.3 is 5.97 Å². The van der Waals surface area contributed by atoms with Crippen molar-refractivity contribution < 1.29 is 23.1 Å². The monoisotopic (exact) mass is 348 g/mol. The molecule has 1 heterocycles. The van der Waals surface area contributed by atoms with Crippen molar-refractivity contribution in [2.45, 2.75) is 58.9 Å². The van der Waals surface area contributed by atoms with Crippen molar-refractivity contribution in [3.8, 4) is 0 Å². The molecular weight excluding hydrogens is 320 g/mol. The Balaban J connectivity index is 2.60. The third kappa shape index (κ3) is 5.46. The van der Waals surface area contributed by atoms with Crippen LogP contribution in [0.3, 0.4) is 0 Å². The van der Waals surface area contributed by atoms with Crippen molar-refractivity contribution in [2.24, 2.45) is 5.41 Å². The number of amides is 1. The largest absolute Gasteiger partial charge is 0.481 e. The van der Waals surface area contributed by atoms with Gasteiger partial charge in [-0.15, -0.1) is 0 Å². The smallest absolute Gasteiger partial charge is 0.309 e. The van der Waals surface area contributed by atoms with E-state index in [1.165, 1.54) is 4.31 Å². The van der Waals surface area contributed by atoms with Gasteiger partial charge in [-0.2, -0.15) is 4.31 Å². The Kier molecular flexibility index (Phi) is 7.01. The van der Waals surface area contributed by atoms with Crippen LogP contribution in [0.1, 0.15) is 52.9 Å². The molecule has 23 heavy (non-hydrogen) atoms. The lowest BCUT2D eigenvalue weighted by molar-refractivity contribution is -0.147. The van der Waals surface area contributed by atoms with Crippen molar-refractivity contribution in [3.63, 3.8) is 0 Å². The van der Waals surface area contributed by atoms with E-state index in [2.05, 4.69) is 5.32 Å². The van der Waals surface area contributed by atoms with Crippen LogP contribution in [0.5, 0.6) is 0 Å². The molecule has 1 atom stereocenters. The molecule has 134 valence electrons. The van der Waals surface area contributed by atoms with Gasteiger partial charge in [0, 0.05) is 13.1 Å². The molecule has 0 saturated carbocycles. The van der Waals surface area contributed by atoms with E-state index in [9.17, 15) is 18.0 Å². The Labute approximate surface area is 138 Å². The molecule has 0 aromatic rings. The van der Waals surface area contributed by atoms with Crippen LogP contribution in [0.4, 0.5) is 0 Å². The Morgan fingerprint density at radius 1 is 1.35 bits per heavy atom. The first kappa shape index (κ1) is 19.9. The molecule has 0 aromatic carbocycles. The summed E-state index contributed by atoms with van der Waals surface area (Å²) >= 11 is 0. The lowest BCUT2D eigenvalue weighted by atomic mass is 9.90. The second-order valence-electron chi connectivity index (χ2n) is 6.67. The molecule has 0 aromatic heterocycles. The second kappa shape index (κ2) is 8.10. The number of carbonyl (C=O) groups excluding carboxylic acids is 1. The predicted octanol–water partition coefficient (Wildman–Crippen LogP) is 1.20. The first-order valence-electron chi connectivity index (χ1n) is 8.12. The zero-order chi connectivity index (χ0) is 17.7. The Bertz CT molecular complexity index is 530. The summed E-state index contributed by atoms with van der Waals surface area (Å²) in [6, 6.07) is -0.662. The fraction of sp³-hybridized carbons (Fsp3) is 0.867. The Morgan fingerprint density at radius 3 is 2.57 bits per heavy atom. The SMILES string of the molecule is CCCCS(=O)(=O)N1CCCC1C(=O)NCCC(C)(C)C(=O)O. The number of hydrogen-bond acceptors (Lipinski definition) is 4. The third-order valence-corrected chi connectivity index (χ3v) is 6.20. The maximum absolute atomic E-state index is 12.3. The third-order valence-electron chi connectivity index (χ3n) is 4.25. The Morgan fingerprint density at radius 2 is 2.00 bits per heavy atom. The van der Waals surface area contributed by atoms with Gasteiger partial charge in [0.2, 0.25) is 15.9 Å². The van der Waals surface area contributed by atoms with E-state index in [1.807, 2.05) is 6.92 Å². The lowest BCUT2D eigenvalue weighted by Gasteiger charge is -2.24. The minimum atomic E-state index is -3.40. The van der Waals surface area contributed by atoms with Gasteiger partial charge in [0.15, 0.2) is 0 Å². The van der Waals surface area contributed by atoms with E-state index in [4.69, 9.17) is 5.11 Å². The molecule has 1 saturated heterocycles. The standard InChI is InChI=1S/C15H28N2O5S/c1-4-5-11-23(21,22)17-10-6-7-12(17)13(18)16-9-8-15(2,3)14(19)20/h12H,4-11H2,1-3H3,(H,16,18)(H,19,20). The first-order chi connectivity index (χ1) is 10.6. The topological polar surface area (TPSA) is 104 Å². The predicted molar refractivity (Wildman–Crippen MR) is 87.5 cm³/mol. The summed E-state index contributed by atoms with van der Waals surface area (Å²) in [6.45, 7) is 5.72. The molecule has 1 aliphatic rings. The highest BCUT2D eigenvalue weighted by molar-refractivity contribution is 7.89. The number of rotatable bonds is 9. The van der Waals surface area contributed by atoms with Gasteiger partial charge in [-0.1, -0.05) is 13.3 Å². The molecule has 0 radical (unpaired) electrons. The lowest BCUT2D eigenvalue weighted by Crippen LogP contribution is -2.47. The van der Waals surface area contributed by atoms with Gasteiger partial charge in [-0.25, -0.2) is 8.42 Å². The molecule has 0 bridgehead atoms. The van der Waals surface area contributed by atoms with E-state index in [0.717, 1.165) is 6.42 Å². The summed E-state index contributed by atoms with van der Waals surface area (Å²) in [6.07, 6.45) is 2.85. The van der Waals surface area contributed by atoms with Crippen molar-refractivity contribution >= 4 is 21.9 Å². The van der Waals surface area contributed by atoms with E-state index in [0.29, 0.717) is 32.2 Å². The van der Waals surface area contributed by atoms with Crippen LogP contribution in [0.2, 0.25) is 0 Å². The number of unbranched alkanes of at least 4 members (excludes halogenated alkanes) is 1. The number of nitrogens with zero attached hydrogens (tertiary/aromatic N) is 1. The van der Waals surface area contributed by atoms with Crippen LogP contribution in [0.15, 0.2) is 0 Å². The maximum Gasteiger partial charge on any atom is 0.309 e. The number of hydrogen-bond donors (Lipinski definition) is 2. The van der Waals surface area contributed by atoms with Crippen molar-refractivity contribution in [3.05, 3.63) is 0 Å². The van der Waals surface area contributed by atoms with Crippen LogP contribution < -0.4 is 5.32 Å². The molecule has 1 fully saturated rings. The normalized spacial score (nSPS) is 19.7. The van der Waals surface area contributed by atoms with E-state index >= 15 is 0 Å². The van der Waals surface area contributed by atoms with Gasteiger partial charge in [0.1, 0.15) is 6.04 Å². The van der Waals surface area contributed by atoms with Crippen molar-refractivity contribution in [1.82, 2.24) is 9.62 Å². The van der Waals surface area contributed by atoms with Gasteiger partial charge in [0.05, 0.1) is 11.2 Å². The molecule has 8 heteroatoms. The molecular formula is C15H28N2O5S. The summed E-state index contributed by atoms with van der Waals surface area (Å²) in [5.41, 5.74) is -0.921. The van der Waals surface area contributed by atoms with Crippen LogP contribution >= 0.6 is 0 Å². The number of sulfonamides is 1. The minimum Gasteiger partial charge on any atom is -0.481 e. The molecule has 1 unspecified atom stereocenters. The Hall–Kier alpha value is -1.15. The number of carboxylic acids is 1. The van der Waals surface area contributed by atoms with Crippen LogP contribution in [0.25, 0.3) is 0 Å². The summed E-state index contributed by atoms with van der Waals surface area (Å²) < 4.78 is 25.9. The summed E-state index contributed by atoms with van der Waals surface area (Å²) in [5, 5.41) is 11.7. The average molecular weight is 348 g/mol. The molecule has 1 aliphatic heterocycles. The zero-order valence-corrected chi connectivity index (χ0v) is 15.0. The van der Waals surface area contributed by atoms with Gasteiger partial charge in [-0.05, 0) is 39.5 Å². The van der Waals surface area contributed by atoms with Gasteiger partial charge in [-0.3, -0.25) is 9.59 Å². The fourth-order valence-electron chi connectivity index (χ4n) is 2.50. The van der Waals surface area contributed by atoms with Crippen molar-refractivity contribution in [1.29, 1.82) is 0 Å². The summed E-state index contributed by atoms with van der Waals surface area (Å²) in [5.74, 6) is -1.18. The number of carbonyl (C=O) groups is 2. The summed E-state index contributed by atoms with van der Waals surface area (Å²) in [7, 11) is -3.40. The van der Waals surface area contributed by atoms with E-state index in [-0.39, 0.29) is 18.2 Å². The number of nitrogens with one attached hydrogen (secondary N) is 1. The average Bonchev–Trinajstić information content (AvgIpc) is 2.95. The van der Waals surface area contributed by atoms with Crippen LogP contribution in [-0.4, -0.2) is 54.6 Å². The fourth-order valence-corrected chi connectivity index (χ4v) is 4.39. The molecule has 0 aliphatic carbocycles. The highest BCUT2D eigenvalue weighted by Gasteiger charge is 2.38.